The Labute approximate surface area is 111 Å². The lowest BCUT2D eigenvalue weighted by molar-refractivity contribution is -0.384. The Balaban J connectivity index is 2.92. The van der Waals surface area contributed by atoms with Gasteiger partial charge in [-0.3, -0.25) is 10.1 Å². The van der Waals surface area contributed by atoms with E-state index in [-0.39, 0.29) is 5.69 Å². The summed E-state index contributed by atoms with van der Waals surface area (Å²) in [7, 11) is 3.57. The monoisotopic (exact) mass is 272 g/mol. The fourth-order valence-electron chi connectivity index (χ4n) is 1.87. The third-order valence-corrected chi connectivity index (χ3v) is 2.96. The molecule has 0 bridgehead atoms. The molecule has 0 aliphatic carbocycles. The molecule has 5 nitrogen and oxygen atoms in total. The highest BCUT2D eigenvalue weighted by atomic mass is 35.5. The van der Waals surface area contributed by atoms with Crippen LogP contribution in [0.3, 0.4) is 0 Å². The van der Waals surface area contributed by atoms with Gasteiger partial charge in [0, 0.05) is 39.4 Å². The van der Waals surface area contributed by atoms with E-state index in [9.17, 15) is 10.1 Å². The molecule has 0 saturated carbocycles. The molecular formula is C12H17ClN2O3. The predicted octanol–water partition coefficient (Wildman–Crippen LogP) is 3.03. The number of halogens is 1. The number of non-ortho nitro benzene ring substituents is 1. The average Bonchev–Trinajstić information content (AvgIpc) is 2.28. The molecule has 100 valence electrons. The van der Waals surface area contributed by atoms with Crippen LogP contribution in [0.25, 0.3) is 0 Å². The van der Waals surface area contributed by atoms with E-state index in [1.54, 1.807) is 7.11 Å². The van der Waals surface area contributed by atoms with Crippen molar-refractivity contribution in [1.29, 1.82) is 0 Å². The summed E-state index contributed by atoms with van der Waals surface area (Å²) in [5.74, 6) is 0. The fraction of sp³-hybridized carbons (Fsp3) is 0.500. The molecule has 0 fully saturated rings. The van der Waals surface area contributed by atoms with Crippen molar-refractivity contribution >= 4 is 23.0 Å². The molecule has 0 N–H and O–H groups in total. The first kappa shape index (κ1) is 14.7. The van der Waals surface area contributed by atoms with Crippen LogP contribution in [0.2, 0.25) is 5.02 Å². The van der Waals surface area contributed by atoms with Gasteiger partial charge in [-0.2, -0.15) is 0 Å². The summed E-state index contributed by atoms with van der Waals surface area (Å²) in [4.78, 5) is 12.3. The molecule has 0 spiro atoms. The molecule has 0 radical (unpaired) electrons. The van der Waals surface area contributed by atoms with E-state index in [1.807, 2.05) is 18.9 Å². The van der Waals surface area contributed by atoms with E-state index < -0.39 is 4.92 Å². The molecule has 0 heterocycles. The number of nitro groups is 1. The number of hydrogen-bond donors (Lipinski definition) is 0. The van der Waals surface area contributed by atoms with Crippen LogP contribution in [0.15, 0.2) is 12.1 Å². The molecule has 0 aromatic heterocycles. The number of hydrogen-bond acceptors (Lipinski definition) is 4. The van der Waals surface area contributed by atoms with Crippen molar-refractivity contribution in [1.82, 2.24) is 0 Å². The van der Waals surface area contributed by atoms with Crippen LogP contribution in [0.1, 0.15) is 12.0 Å². The molecule has 0 unspecified atom stereocenters. The maximum absolute atomic E-state index is 10.7. The van der Waals surface area contributed by atoms with Crippen LogP contribution < -0.4 is 4.90 Å². The van der Waals surface area contributed by atoms with Crippen molar-refractivity contribution in [2.75, 3.05) is 32.2 Å². The number of nitrogens with zero attached hydrogens (tertiary/aromatic N) is 2. The number of anilines is 1. The summed E-state index contributed by atoms with van der Waals surface area (Å²) in [6.07, 6.45) is 0.875. The van der Waals surface area contributed by atoms with E-state index in [4.69, 9.17) is 16.3 Å². The standard InChI is InChI=1S/C12H17ClN2O3/c1-9-7-10(15(16)17)8-11(13)12(9)14(2)5-4-6-18-3/h7-8H,4-6H2,1-3H3. The van der Waals surface area contributed by atoms with E-state index in [1.165, 1.54) is 12.1 Å². The third kappa shape index (κ3) is 3.58. The minimum atomic E-state index is -0.437. The van der Waals surface area contributed by atoms with Crippen molar-refractivity contribution in [3.05, 3.63) is 32.8 Å². The van der Waals surface area contributed by atoms with Crippen LogP contribution in [-0.2, 0) is 4.74 Å². The molecule has 1 aromatic carbocycles. The Bertz CT molecular complexity index is 414. The fourth-order valence-corrected chi connectivity index (χ4v) is 2.27. The topological polar surface area (TPSA) is 55.6 Å². The molecule has 18 heavy (non-hydrogen) atoms. The van der Waals surface area contributed by atoms with Crippen LogP contribution in [0.4, 0.5) is 11.4 Å². The molecule has 0 amide bonds. The molecule has 0 aliphatic heterocycles. The van der Waals surface area contributed by atoms with Gasteiger partial charge in [-0.25, -0.2) is 0 Å². The van der Waals surface area contributed by atoms with Gasteiger partial charge < -0.3 is 9.64 Å². The smallest absolute Gasteiger partial charge is 0.271 e. The quantitative estimate of drug-likeness (QED) is 0.454. The van der Waals surface area contributed by atoms with Crippen molar-refractivity contribution in [3.8, 4) is 0 Å². The summed E-state index contributed by atoms with van der Waals surface area (Å²) in [6.45, 7) is 3.28. The van der Waals surface area contributed by atoms with Gasteiger partial charge >= 0.3 is 0 Å². The number of methoxy groups -OCH3 is 1. The van der Waals surface area contributed by atoms with E-state index in [0.29, 0.717) is 11.6 Å². The van der Waals surface area contributed by atoms with Crippen molar-refractivity contribution in [2.24, 2.45) is 0 Å². The van der Waals surface area contributed by atoms with E-state index in [0.717, 1.165) is 24.2 Å². The second-order valence-electron chi connectivity index (χ2n) is 4.12. The van der Waals surface area contributed by atoms with Crippen LogP contribution in [0.5, 0.6) is 0 Å². The van der Waals surface area contributed by atoms with Gasteiger partial charge in [0.2, 0.25) is 0 Å². The predicted molar refractivity (Wildman–Crippen MR) is 72.6 cm³/mol. The summed E-state index contributed by atoms with van der Waals surface area (Å²) in [5.41, 5.74) is 1.65. The summed E-state index contributed by atoms with van der Waals surface area (Å²) in [6, 6.07) is 2.92. The largest absolute Gasteiger partial charge is 0.385 e. The highest BCUT2D eigenvalue weighted by molar-refractivity contribution is 6.33. The van der Waals surface area contributed by atoms with Crippen LogP contribution in [-0.4, -0.2) is 32.2 Å². The zero-order valence-electron chi connectivity index (χ0n) is 10.8. The molecule has 0 atom stereocenters. The first-order valence-electron chi connectivity index (χ1n) is 5.62. The van der Waals surface area contributed by atoms with Gasteiger partial charge in [-0.15, -0.1) is 0 Å². The normalized spacial score (nSPS) is 10.4. The SMILES string of the molecule is COCCCN(C)c1c(C)cc([N+](=O)[O-])cc1Cl. The average molecular weight is 273 g/mol. The zero-order valence-corrected chi connectivity index (χ0v) is 11.5. The molecule has 0 saturated heterocycles. The highest BCUT2D eigenvalue weighted by Gasteiger charge is 2.15. The summed E-state index contributed by atoms with van der Waals surface area (Å²) >= 11 is 6.11. The second kappa shape index (κ2) is 6.56. The Hall–Kier alpha value is -1.33. The van der Waals surface area contributed by atoms with Gasteiger partial charge in [0.15, 0.2) is 0 Å². The first-order chi connectivity index (χ1) is 8.47. The summed E-state index contributed by atoms with van der Waals surface area (Å²) < 4.78 is 4.99. The van der Waals surface area contributed by atoms with Crippen LogP contribution >= 0.6 is 11.6 Å². The van der Waals surface area contributed by atoms with Gasteiger partial charge in [0.25, 0.3) is 5.69 Å². The van der Waals surface area contributed by atoms with Crippen molar-refractivity contribution in [2.45, 2.75) is 13.3 Å². The maximum Gasteiger partial charge on any atom is 0.271 e. The van der Waals surface area contributed by atoms with E-state index >= 15 is 0 Å². The molecular weight excluding hydrogens is 256 g/mol. The van der Waals surface area contributed by atoms with Gasteiger partial charge in [0.1, 0.15) is 0 Å². The van der Waals surface area contributed by atoms with Crippen molar-refractivity contribution in [3.63, 3.8) is 0 Å². The van der Waals surface area contributed by atoms with Gasteiger partial charge in [-0.05, 0) is 18.9 Å². The Kier molecular flexibility index (Phi) is 5.37. The minimum absolute atomic E-state index is 0.0199. The third-order valence-electron chi connectivity index (χ3n) is 2.67. The van der Waals surface area contributed by atoms with E-state index in [2.05, 4.69) is 0 Å². The van der Waals surface area contributed by atoms with Crippen molar-refractivity contribution < 1.29 is 9.66 Å². The minimum Gasteiger partial charge on any atom is -0.385 e. The number of aryl methyl sites for hydroxylation is 1. The number of nitro benzene ring substituents is 1. The lowest BCUT2D eigenvalue weighted by Crippen LogP contribution is -2.21. The number of ether oxygens (including phenoxy) is 1. The Morgan fingerprint density at radius 1 is 1.50 bits per heavy atom. The Morgan fingerprint density at radius 2 is 2.17 bits per heavy atom. The molecule has 1 rings (SSSR count). The molecule has 6 heteroatoms. The lowest BCUT2D eigenvalue weighted by Gasteiger charge is -2.22. The van der Waals surface area contributed by atoms with Crippen LogP contribution in [0, 0.1) is 17.0 Å². The molecule has 1 aromatic rings. The second-order valence-corrected chi connectivity index (χ2v) is 4.53. The lowest BCUT2D eigenvalue weighted by atomic mass is 10.1. The highest BCUT2D eigenvalue weighted by Crippen LogP contribution is 2.33. The maximum atomic E-state index is 10.7. The first-order valence-corrected chi connectivity index (χ1v) is 5.99. The summed E-state index contributed by atoms with van der Waals surface area (Å²) in [5, 5.41) is 11.1. The number of rotatable bonds is 6. The van der Waals surface area contributed by atoms with Gasteiger partial charge in [0.05, 0.1) is 15.6 Å². The zero-order chi connectivity index (χ0) is 13.7. The Morgan fingerprint density at radius 3 is 2.67 bits per heavy atom. The molecule has 0 aliphatic rings. The van der Waals surface area contributed by atoms with Gasteiger partial charge in [-0.1, -0.05) is 11.6 Å². The number of benzene rings is 1.